The van der Waals surface area contributed by atoms with Crippen LogP contribution in [0.5, 0.6) is 0 Å². The number of unbranched alkanes of at least 4 members (excludes halogenated alkanes) is 1. The summed E-state index contributed by atoms with van der Waals surface area (Å²) in [5.41, 5.74) is 2.94. The number of aromatic nitrogens is 1. The molecular weight excluding hydrogens is 487 g/mol. The zero-order valence-electron chi connectivity index (χ0n) is 20.5. The monoisotopic (exact) mass is 519 g/mol. The van der Waals surface area contributed by atoms with Crippen LogP contribution in [0.2, 0.25) is 5.02 Å². The molecule has 3 aromatic rings. The standard InChI is InChI=1S/C28H33ClF3N3O/c1-36-27-12-11-24(28(30,31)32)23(27)19-35(18-20-7-3-2-4-8-20)16-6-5-14-33-25-13-15-34-26-17-21(29)9-10-22(25)26/h2-4,7-10,13,15,17,23-24,27H,5-6,11-12,14,16,18-19H2,1H3,(H,33,34). The average Bonchev–Trinajstić information content (AvgIpc) is 3.27. The van der Waals surface area contributed by atoms with E-state index in [9.17, 15) is 13.2 Å². The van der Waals surface area contributed by atoms with Crippen molar-refractivity contribution in [2.75, 3.05) is 32.1 Å². The number of fused-ring (bicyclic) bond motifs is 1. The summed E-state index contributed by atoms with van der Waals surface area (Å²) in [6.45, 7) is 2.49. The maximum Gasteiger partial charge on any atom is 0.392 e. The molecule has 1 heterocycles. The van der Waals surface area contributed by atoms with E-state index >= 15 is 0 Å². The molecule has 1 aliphatic rings. The van der Waals surface area contributed by atoms with Gasteiger partial charge in [0.05, 0.1) is 17.5 Å². The van der Waals surface area contributed by atoms with Gasteiger partial charge in [0.2, 0.25) is 0 Å². The summed E-state index contributed by atoms with van der Waals surface area (Å²) in [6, 6.07) is 17.5. The third-order valence-electron chi connectivity index (χ3n) is 7.12. The minimum absolute atomic E-state index is 0.140. The van der Waals surface area contributed by atoms with Crippen molar-refractivity contribution >= 4 is 28.2 Å². The number of alkyl halides is 3. The summed E-state index contributed by atoms with van der Waals surface area (Å²) in [6.07, 6.45) is -0.435. The van der Waals surface area contributed by atoms with E-state index in [1.807, 2.05) is 54.6 Å². The van der Waals surface area contributed by atoms with Gasteiger partial charge in [-0.25, -0.2) is 0 Å². The molecule has 1 aliphatic carbocycles. The molecule has 0 saturated heterocycles. The Bertz CT molecular complexity index is 1110. The van der Waals surface area contributed by atoms with Crippen molar-refractivity contribution < 1.29 is 17.9 Å². The summed E-state index contributed by atoms with van der Waals surface area (Å²) in [7, 11) is 1.53. The van der Waals surface area contributed by atoms with Crippen molar-refractivity contribution in [3.63, 3.8) is 0 Å². The second kappa shape index (κ2) is 12.3. The van der Waals surface area contributed by atoms with Crippen LogP contribution in [0.3, 0.4) is 0 Å². The molecule has 4 rings (SSSR count). The fourth-order valence-electron chi connectivity index (χ4n) is 5.31. The van der Waals surface area contributed by atoms with Crippen LogP contribution in [0.1, 0.15) is 31.2 Å². The van der Waals surface area contributed by atoms with Crippen LogP contribution in [-0.4, -0.2) is 48.9 Å². The number of hydrogen-bond donors (Lipinski definition) is 1. The predicted molar refractivity (Wildman–Crippen MR) is 139 cm³/mol. The van der Waals surface area contributed by atoms with Crippen molar-refractivity contribution in [1.82, 2.24) is 9.88 Å². The Labute approximate surface area is 215 Å². The van der Waals surface area contributed by atoms with Crippen LogP contribution in [0.4, 0.5) is 18.9 Å². The fourth-order valence-corrected chi connectivity index (χ4v) is 5.47. The zero-order valence-corrected chi connectivity index (χ0v) is 21.2. The van der Waals surface area contributed by atoms with E-state index in [1.54, 1.807) is 6.20 Å². The molecule has 1 N–H and O–H groups in total. The molecule has 3 atom stereocenters. The van der Waals surface area contributed by atoms with E-state index in [4.69, 9.17) is 16.3 Å². The molecule has 8 heteroatoms. The minimum Gasteiger partial charge on any atom is -0.384 e. The van der Waals surface area contributed by atoms with E-state index in [-0.39, 0.29) is 12.5 Å². The molecule has 0 spiro atoms. The molecule has 36 heavy (non-hydrogen) atoms. The topological polar surface area (TPSA) is 37.4 Å². The molecule has 3 unspecified atom stereocenters. The van der Waals surface area contributed by atoms with Gasteiger partial charge in [-0.15, -0.1) is 0 Å². The number of rotatable bonds is 11. The van der Waals surface area contributed by atoms with Crippen molar-refractivity contribution in [3.8, 4) is 0 Å². The van der Waals surface area contributed by atoms with Crippen LogP contribution in [0, 0.1) is 11.8 Å². The van der Waals surface area contributed by atoms with E-state index in [0.29, 0.717) is 24.5 Å². The highest BCUT2D eigenvalue weighted by Gasteiger charge is 2.51. The first-order valence-electron chi connectivity index (χ1n) is 12.5. The molecule has 0 aliphatic heterocycles. The van der Waals surface area contributed by atoms with Crippen molar-refractivity contribution in [2.24, 2.45) is 11.8 Å². The minimum atomic E-state index is -4.20. The molecule has 2 aromatic carbocycles. The molecule has 0 bridgehead atoms. The molecule has 0 radical (unpaired) electrons. The van der Waals surface area contributed by atoms with Crippen molar-refractivity contribution in [1.29, 1.82) is 0 Å². The van der Waals surface area contributed by atoms with Crippen LogP contribution in [0.25, 0.3) is 10.9 Å². The van der Waals surface area contributed by atoms with Crippen LogP contribution < -0.4 is 5.32 Å². The Morgan fingerprint density at radius 3 is 2.64 bits per heavy atom. The van der Waals surface area contributed by atoms with Gasteiger partial charge >= 0.3 is 6.18 Å². The van der Waals surface area contributed by atoms with Gasteiger partial charge in [0.15, 0.2) is 0 Å². The third-order valence-corrected chi connectivity index (χ3v) is 7.35. The first kappa shape index (κ1) is 26.7. The molecule has 1 aromatic heterocycles. The Morgan fingerprint density at radius 2 is 1.89 bits per heavy atom. The van der Waals surface area contributed by atoms with E-state index < -0.39 is 18.0 Å². The van der Waals surface area contributed by atoms with Gasteiger partial charge in [0, 0.05) is 55.0 Å². The molecule has 4 nitrogen and oxygen atoms in total. The number of methoxy groups -OCH3 is 1. The number of pyridine rings is 1. The smallest absolute Gasteiger partial charge is 0.384 e. The van der Waals surface area contributed by atoms with Crippen LogP contribution in [0.15, 0.2) is 60.8 Å². The predicted octanol–water partition coefficient (Wildman–Crippen LogP) is 7.19. The molecule has 194 valence electrons. The van der Waals surface area contributed by atoms with Gasteiger partial charge in [-0.3, -0.25) is 9.88 Å². The number of nitrogens with zero attached hydrogens (tertiary/aromatic N) is 2. The number of nitrogens with one attached hydrogen (secondary N) is 1. The Morgan fingerprint density at radius 1 is 1.08 bits per heavy atom. The summed E-state index contributed by atoms with van der Waals surface area (Å²) in [5.74, 6) is -1.86. The molecular formula is C28H33ClF3N3O. The van der Waals surface area contributed by atoms with E-state index in [2.05, 4.69) is 15.2 Å². The summed E-state index contributed by atoms with van der Waals surface area (Å²) in [4.78, 5) is 6.54. The normalized spacial score (nSPS) is 20.3. The lowest BCUT2D eigenvalue weighted by atomic mass is 9.93. The number of hydrogen-bond acceptors (Lipinski definition) is 4. The Hall–Kier alpha value is -2.35. The van der Waals surface area contributed by atoms with Gasteiger partial charge in [0.1, 0.15) is 0 Å². The van der Waals surface area contributed by atoms with Crippen LogP contribution in [-0.2, 0) is 11.3 Å². The lowest BCUT2D eigenvalue weighted by molar-refractivity contribution is -0.189. The first-order chi connectivity index (χ1) is 17.3. The maximum atomic E-state index is 13.8. The number of anilines is 1. The average molecular weight is 520 g/mol. The quantitative estimate of drug-likeness (QED) is 0.272. The molecule has 0 amide bonds. The van der Waals surface area contributed by atoms with Gasteiger partial charge in [-0.1, -0.05) is 41.9 Å². The highest BCUT2D eigenvalue weighted by atomic mass is 35.5. The van der Waals surface area contributed by atoms with Crippen LogP contribution >= 0.6 is 11.6 Å². The lowest BCUT2D eigenvalue weighted by Gasteiger charge is -2.32. The van der Waals surface area contributed by atoms with Crippen molar-refractivity contribution in [2.45, 2.75) is 44.5 Å². The molecule has 1 fully saturated rings. The Balaban J connectivity index is 1.37. The van der Waals surface area contributed by atoms with Gasteiger partial charge in [-0.05, 0) is 62.1 Å². The Kier molecular flexibility index (Phi) is 9.09. The highest BCUT2D eigenvalue weighted by Crippen LogP contribution is 2.44. The van der Waals surface area contributed by atoms with E-state index in [1.165, 1.54) is 7.11 Å². The number of halogens is 4. The summed E-state index contributed by atoms with van der Waals surface area (Å²) < 4.78 is 46.7. The van der Waals surface area contributed by atoms with Gasteiger partial charge < -0.3 is 10.1 Å². The third kappa shape index (κ3) is 6.90. The van der Waals surface area contributed by atoms with Gasteiger partial charge in [-0.2, -0.15) is 13.2 Å². The maximum absolute atomic E-state index is 13.8. The number of benzene rings is 2. The lowest BCUT2D eigenvalue weighted by Crippen LogP contribution is -2.40. The summed E-state index contributed by atoms with van der Waals surface area (Å²) >= 11 is 6.08. The SMILES string of the molecule is COC1CCC(C(F)(F)F)C1CN(CCCCNc1ccnc2cc(Cl)ccc12)Cc1ccccc1. The summed E-state index contributed by atoms with van der Waals surface area (Å²) in [5, 5.41) is 5.14. The van der Waals surface area contributed by atoms with E-state index in [0.717, 1.165) is 48.1 Å². The highest BCUT2D eigenvalue weighted by molar-refractivity contribution is 6.31. The largest absolute Gasteiger partial charge is 0.392 e. The second-order valence-electron chi connectivity index (χ2n) is 9.54. The van der Waals surface area contributed by atoms with Gasteiger partial charge in [0.25, 0.3) is 0 Å². The first-order valence-corrected chi connectivity index (χ1v) is 12.9. The zero-order chi connectivity index (χ0) is 25.5. The fraction of sp³-hybridized carbons (Fsp3) is 0.464. The number of ether oxygens (including phenoxy) is 1. The van der Waals surface area contributed by atoms with Crippen molar-refractivity contribution in [3.05, 3.63) is 71.4 Å². The molecule has 1 saturated carbocycles. The second-order valence-corrected chi connectivity index (χ2v) is 9.97.